The van der Waals surface area contributed by atoms with Gasteiger partial charge in [0.1, 0.15) is 0 Å². The monoisotopic (exact) mass is 361 g/mol. The van der Waals surface area contributed by atoms with Gasteiger partial charge in [-0.1, -0.05) is 17.7 Å². The van der Waals surface area contributed by atoms with Crippen LogP contribution in [0.3, 0.4) is 0 Å². The SMILES string of the molecule is COc1ccc(C(Cc2c(C)cncc2Cl)OC)cc1OCC1CC1. The summed E-state index contributed by atoms with van der Waals surface area (Å²) >= 11 is 6.33. The second-order valence-corrected chi connectivity index (χ2v) is 6.92. The maximum Gasteiger partial charge on any atom is 0.161 e. The minimum atomic E-state index is -0.118. The molecule has 1 saturated carbocycles. The van der Waals surface area contributed by atoms with E-state index in [4.69, 9.17) is 25.8 Å². The van der Waals surface area contributed by atoms with Crippen LogP contribution >= 0.6 is 11.6 Å². The smallest absolute Gasteiger partial charge is 0.161 e. The first kappa shape index (κ1) is 18.0. The molecule has 1 aliphatic carbocycles. The molecule has 1 atom stereocenters. The van der Waals surface area contributed by atoms with Crippen LogP contribution in [-0.4, -0.2) is 25.8 Å². The summed E-state index contributed by atoms with van der Waals surface area (Å²) in [6.45, 7) is 2.76. The van der Waals surface area contributed by atoms with Crippen LogP contribution in [0.4, 0.5) is 0 Å². The fourth-order valence-corrected chi connectivity index (χ4v) is 3.12. The number of rotatable bonds is 8. The molecule has 0 saturated heterocycles. The molecule has 0 radical (unpaired) electrons. The molecule has 1 fully saturated rings. The Balaban J connectivity index is 1.83. The van der Waals surface area contributed by atoms with Crippen LogP contribution in [0.2, 0.25) is 5.02 Å². The van der Waals surface area contributed by atoms with Crippen LogP contribution in [-0.2, 0) is 11.2 Å². The van der Waals surface area contributed by atoms with Gasteiger partial charge in [-0.15, -0.1) is 0 Å². The number of pyridine rings is 1. The first-order valence-corrected chi connectivity index (χ1v) is 8.92. The van der Waals surface area contributed by atoms with Crippen molar-refractivity contribution in [2.24, 2.45) is 5.92 Å². The number of nitrogens with zero attached hydrogens (tertiary/aromatic N) is 1. The predicted octanol–water partition coefficient (Wildman–Crippen LogP) is 4.77. The molecular weight excluding hydrogens is 338 g/mol. The van der Waals surface area contributed by atoms with E-state index in [-0.39, 0.29) is 6.10 Å². The van der Waals surface area contributed by atoms with Gasteiger partial charge in [-0.3, -0.25) is 4.98 Å². The van der Waals surface area contributed by atoms with E-state index in [1.807, 2.05) is 31.3 Å². The molecule has 25 heavy (non-hydrogen) atoms. The number of hydrogen-bond acceptors (Lipinski definition) is 4. The number of methoxy groups -OCH3 is 2. The van der Waals surface area contributed by atoms with Crippen molar-refractivity contribution in [3.63, 3.8) is 0 Å². The van der Waals surface area contributed by atoms with Crippen LogP contribution in [0.25, 0.3) is 0 Å². The Morgan fingerprint density at radius 1 is 1.20 bits per heavy atom. The molecule has 0 aliphatic heterocycles. The number of aromatic nitrogens is 1. The Bertz CT molecular complexity index is 711. The summed E-state index contributed by atoms with van der Waals surface area (Å²) in [5.41, 5.74) is 3.16. The fourth-order valence-electron chi connectivity index (χ4n) is 2.84. The van der Waals surface area contributed by atoms with Gasteiger partial charge in [0.05, 0.1) is 24.8 Å². The highest BCUT2D eigenvalue weighted by atomic mass is 35.5. The lowest BCUT2D eigenvalue weighted by Gasteiger charge is -2.20. The molecule has 4 nitrogen and oxygen atoms in total. The highest BCUT2D eigenvalue weighted by molar-refractivity contribution is 6.31. The molecule has 0 N–H and O–H groups in total. The van der Waals surface area contributed by atoms with Gasteiger partial charge in [-0.05, 0) is 54.5 Å². The highest BCUT2D eigenvalue weighted by Gasteiger charge is 2.23. The second kappa shape index (κ2) is 8.07. The summed E-state index contributed by atoms with van der Waals surface area (Å²) < 4.78 is 17.1. The van der Waals surface area contributed by atoms with Crippen LogP contribution in [0.1, 0.15) is 35.6 Å². The van der Waals surface area contributed by atoms with Gasteiger partial charge in [-0.25, -0.2) is 0 Å². The summed E-state index contributed by atoms with van der Waals surface area (Å²) in [6.07, 6.45) is 6.57. The van der Waals surface area contributed by atoms with Crippen molar-refractivity contribution in [2.45, 2.75) is 32.3 Å². The van der Waals surface area contributed by atoms with E-state index in [1.54, 1.807) is 20.4 Å². The first-order chi connectivity index (χ1) is 12.1. The zero-order valence-corrected chi connectivity index (χ0v) is 15.7. The maximum absolute atomic E-state index is 6.33. The average Bonchev–Trinajstić information content (AvgIpc) is 3.44. The predicted molar refractivity (Wildman–Crippen MR) is 98.7 cm³/mol. The van der Waals surface area contributed by atoms with Gasteiger partial charge >= 0.3 is 0 Å². The van der Waals surface area contributed by atoms with E-state index in [2.05, 4.69) is 4.98 Å². The van der Waals surface area contributed by atoms with Crippen LogP contribution < -0.4 is 9.47 Å². The number of halogens is 1. The molecule has 1 heterocycles. The van der Waals surface area contributed by atoms with E-state index in [0.29, 0.717) is 17.4 Å². The Kier molecular flexibility index (Phi) is 5.82. The third-order valence-electron chi connectivity index (χ3n) is 4.63. The number of hydrogen-bond donors (Lipinski definition) is 0. The minimum absolute atomic E-state index is 0.118. The number of aryl methyl sites for hydroxylation is 1. The lowest BCUT2D eigenvalue weighted by Crippen LogP contribution is -2.08. The Morgan fingerprint density at radius 2 is 2.00 bits per heavy atom. The van der Waals surface area contributed by atoms with Crippen molar-refractivity contribution in [2.75, 3.05) is 20.8 Å². The lowest BCUT2D eigenvalue weighted by atomic mass is 9.99. The van der Waals surface area contributed by atoms with Gasteiger partial charge in [0.15, 0.2) is 11.5 Å². The number of ether oxygens (including phenoxy) is 3. The average molecular weight is 362 g/mol. The van der Waals surface area contributed by atoms with Crippen molar-refractivity contribution in [3.05, 3.63) is 52.3 Å². The third kappa shape index (κ3) is 4.44. The molecule has 0 bridgehead atoms. The quantitative estimate of drug-likeness (QED) is 0.679. The maximum atomic E-state index is 6.33. The highest BCUT2D eigenvalue weighted by Crippen LogP contribution is 2.36. The van der Waals surface area contributed by atoms with Crippen molar-refractivity contribution in [1.82, 2.24) is 4.98 Å². The van der Waals surface area contributed by atoms with Crippen LogP contribution in [0, 0.1) is 12.8 Å². The van der Waals surface area contributed by atoms with Crippen molar-refractivity contribution < 1.29 is 14.2 Å². The van der Waals surface area contributed by atoms with Gasteiger partial charge in [-0.2, -0.15) is 0 Å². The number of benzene rings is 1. The summed E-state index contributed by atoms with van der Waals surface area (Å²) in [4.78, 5) is 4.12. The van der Waals surface area contributed by atoms with E-state index in [0.717, 1.165) is 34.8 Å². The molecule has 0 amide bonds. The van der Waals surface area contributed by atoms with Crippen LogP contribution in [0.15, 0.2) is 30.6 Å². The van der Waals surface area contributed by atoms with Crippen LogP contribution in [0.5, 0.6) is 11.5 Å². The van der Waals surface area contributed by atoms with Crippen molar-refractivity contribution >= 4 is 11.6 Å². The second-order valence-electron chi connectivity index (χ2n) is 6.51. The molecule has 1 aliphatic rings. The van der Waals surface area contributed by atoms with Crippen molar-refractivity contribution in [3.8, 4) is 11.5 Å². The van der Waals surface area contributed by atoms with Gasteiger partial charge in [0, 0.05) is 25.9 Å². The topological polar surface area (TPSA) is 40.6 Å². The molecule has 0 spiro atoms. The van der Waals surface area contributed by atoms with Gasteiger partial charge < -0.3 is 14.2 Å². The molecular formula is C20H24ClNO3. The summed E-state index contributed by atoms with van der Waals surface area (Å²) in [5.74, 6) is 2.20. The fraction of sp³-hybridized carbons (Fsp3) is 0.450. The molecule has 1 aromatic carbocycles. The standard InChI is InChI=1S/C20H24ClNO3/c1-13-10-22-11-17(21)16(13)9-19(24-3)15-6-7-18(23-2)20(8-15)25-12-14-4-5-14/h6-8,10-11,14,19H,4-5,9,12H2,1-3H3. The molecule has 2 aromatic rings. The summed E-state index contributed by atoms with van der Waals surface area (Å²) in [7, 11) is 3.37. The van der Waals surface area contributed by atoms with E-state index < -0.39 is 0 Å². The Morgan fingerprint density at radius 3 is 2.64 bits per heavy atom. The summed E-state index contributed by atoms with van der Waals surface area (Å²) in [5, 5.41) is 0.667. The molecule has 1 aromatic heterocycles. The van der Waals surface area contributed by atoms with Gasteiger partial charge in [0.2, 0.25) is 0 Å². The first-order valence-electron chi connectivity index (χ1n) is 8.55. The third-order valence-corrected chi connectivity index (χ3v) is 4.95. The minimum Gasteiger partial charge on any atom is -0.493 e. The van der Waals surface area contributed by atoms with E-state index >= 15 is 0 Å². The zero-order chi connectivity index (χ0) is 17.8. The molecule has 1 unspecified atom stereocenters. The molecule has 3 rings (SSSR count). The van der Waals surface area contributed by atoms with Crippen molar-refractivity contribution in [1.29, 1.82) is 0 Å². The molecule has 5 heteroatoms. The zero-order valence-electron chi connectivity index (χ0n) is 14.9. The molecule has 134 valence electrons. The van der Waals surface area contributed by atoms with Gasteiger partial charge in [0.25, 0.3) is 0 Å². The lowest BCUT2D eigenvalue weighted by molar-refractivity contribution is 0.103. The normalized spacial score (nSPS) is 15.0. The largest absolute Gasteiger partial charge is 0.493 e. The Hall–Kier alpha value is -1.78. The van der Waals surface area contributed by atoms with E-state index in [1.165, 1.54) is 12.8 Å². The Labute approximate surface area is 154 Å². The van der Waals surface area contributed by atoms with E-state index in [9.17, 15) is 0 Å². The summed E-state index contributed by atoms with van der Waals surface area (Å²) in [6, 6.07) is 5.96.